The number of anilines is 1. The molecule has 1 aromatic carbocycles. The van der Waals surface area contributed by atoms with Crippen molar-refractivity contribution in [3.8, 4) is 0 Å². The summed E-state index contributed by atoms with van der Waals surface area (Å²) in [6, 6.07) is 14.4. The fourth-order valence-corrected chi connectivity index (χ4v) is 2.46. The maximum atomic E-state index is 6.07. The van der Waals surface area contributed by atoms with Crippen molar-refractivity contribution in [2.75, 3.05) is 18.9 Å². The number of rotatable bonds is 6. The maximum absolute atomic E-state index is 6.07. The normalized spacial score (nSPS) is 12.4. The van der Waals surface area contributed by atoms with Crippen LogP contribution in [0.3, 0.4) is 0 Å². The molecule has 112 valence electrons. The van der Waals surface area contributed by atoms with Crippen LogP contribution in [0, 0.1) is 0 Å². The first-order chi connectivity index (χ1) is 10.1. The van der Waals surface area contributed by atoms with Gasteiger partial charge in [-0.25, -0.2) is 4.98 Å². The summed E-state index contributed by atoms with van der Waals surface area (Å²) in [7, 11) is 2.10. The molecule has 0 radical (unpaired) electrons. The van der Waals surface area contributed by atoms with E-state index in [9.17, 15) is 0 Å². The molecule has 1 unspecified atom stereocenters. The van der Waals surface area contributed by atoms with Gasteiger partial charge in [-0.2, -0.15) is 0 Å². The highest BCUT2D eigenvalue weighted by Gasteiger charge is 2.13. The lowest BCUT2D eigenvalue weighted by Crippen LogP contribution is -2.22. The Morgan fingerprint density at radius 2 is 2.00 bits per heavy atom. The van der Waals surface area contributed by atoms with Gasteiger partial charge in [0.1, 0.15) is 5.82 Å². The van der Waals surface area contributed by atoms with E-state index in [0.29, 0.717) is 0 Å². The van der Waals surface area contributed by atoms with Gasteiger partial charge < -0.3 is 5.32 Å². The molecule has 1 heterocycles. The van der Waals surface area contributed by atoms with Crippen LogP contribution in [0.1, 0.15) is 31.1 Å². The third kappa shape index (κ3) is 4.45. The molecule has 0 saturated heterocycles. The van der Waals surface area contributed by atoms with Crippen LogP contribution in [0.25, 0.3) is 0 Å². The minimum absolute atomic E-state index is 0.285. The van der Waals surface area contributed by atoms with E-state index in [1.165, 1.54) is 5.56 Å². The zero-order valence-corrected chi connectivity index (χ0v) is 13.6. The van der Waals surface area contributed by atoms with E-state index < -0.39 is 0 Å². The number of aromatic nitrogens is 1. The molecule has 1 aromatic heterocycles. The number of nitrogens with zero attached hydrogens (tertiary/aromatic N) is 2. The number of nitrogens with one attached hydrogen (secondary N) is 1. The number of hydrogen-bond acceptors (Lipinski definition) is 3. The van der Waals surface area contributed by atoms with Crippen molar-refractivity contribution in [2.24, 2.45) is 0 Å². The van der Waals surface area contributed by atoms with Gasteiger partial charge in [-0.1, -0.05) is 29.8 Å². The molecule has 21 heavy (non-hydrogen) atoms. The lowest BCUT2D eigenvalue weighted by molar-refractivity contribution is 0.250. The van der Waals surface area contributed by atoms with Crippen molar-refractivity contribution in [3.63, 3.8) is 0 Å². The Bertz CT molecular complexity index is 586. The summed E-state index contributed by atoms with van der Waals surface area (Å²) in [5, 5.41) is 4.02. The van der Waals surface area contributed by atoms with Crippen LogP contribution >= 0.6 is 11.6 Å². The topological polar surface area (TPSA) is 28.2 Å². The molecule has 0 aliphatic carbocycles. The standard InChI is InChI=1S/C17H22ClN3/c1-4-19-17-10-6-9-16(20-17)12-21(3)13(2)14-7-5-8-15(18)11-14/h5-11,13H,4,12H2,1-3H3,(H,19,20). The first kappa shape index (κ1) is 15.8. The van der Waals surface area contributed by atoms with Crippen LogP contribution < -0.4 is 5.32 Å². The van der Waals surface area contributed by atoms with Gasteiger partial charge in [0.2, 0.25) is 0 Å². The molecule has 0 amide bonds. The first-order valence-corrected chi connectivity index (χ1v) is 7.63. The SMILES string of the molecule is CCNc1cccc(CN(C)C(C)c2cccc(Cl)c2)n1. The number of pyridine rings is 1. The van der Waals surface area contributed by atoms with E-state index in [0.717, 1.165) is 29.6 Å². The molecule has 0 aliphatic rings. The largest absolute Gasteiger partial charge is 0.370 e. The summed E-state index contributed by atoms with van der Waals surface area (Å²) >= 11 is 6.07. The van der Waals surface area contributed by atoms with E-state index in [1.54, 1.807) is 0 Å². The fraction of sp³-hybridized carbons (Fsp3) is 0.353. The molecular weight excluding hydrogens is 282 g/mol. The van der Waals surface area contributed by atoms with E-state index in [1.807, 2.05) is 30.3 Å². The Hall–Kier alpha value is -1.58. The van der Waals surface area contributed by atoms with Crippen molar-refractivity contribution in [3.05, 3.63) is 58.7 Å². The predicted molar refractivity (Wildman–Crippen MR) is 89.7 cm³/mol. The van der Waals surface area contributed by atoms with Crippen molar-refractivity contribution in [1.29, 1.82) is 0 Å². The van der Waals surface area contributed by atoms with Crippen LogP contribution in [-0.4, -0.2) is 23.5 Å². The van der Waals surface area contributed by atoms with Crippen molar-refractivity contribution in [1.82, 2.24) is 9.88 Å². The van der Waals surface area contributed by atoms with Gasteiger partial charge in [0.25, 0.3) is 0 Å². The van der Waals surface area contributed by atoms with E-state index >= 15 is 0 Å². The third-order valence-corrected chi connectivity index (χ3v) is 3.80. The summed E-state index contributed by atoms with van der Waals surface area (Å²) in [4.78, 5) is 6.88. The van der Waals surface area contributed by atoms with Gasteiger partial charge >= 0.3 is 0 Å². The van der Waals surface area contributed by atoms with Gasteiger partial charge in [0.15, 0.2) is 0 Å². The average Bonchev–Trinajstić information content (AvgIpc) is 2.47. The number of benzene rings is 1. The van der Waals surface area contributed by atoms with Crippen molar-refractivity contribution >= 4 is 17.4 Å². The summed E-state index contributed by atoms with van der Waals surface area (Å²) in [5.41, 5.74) is 2.28. The quantitative estimate of drug-likeness (QED) is 0.859. The Morgan fingerprint density at radius 3 is 2.71 bits per heavy atom. The summed E-state index contributed by atoms with van der Waals surface area (Å²) < 4.78 is 0. The zero-order valence-electron chi connectivity index (χ0n) is 12.8. The second-order valence-corrected chi connectivity index (χ2v) is 5.63. The molecule has 2 aromatic rings. The summed E-state index contributed by atoms with van der Waals surface area (Å²) in [6.07, 6.45) is 0. The average molecular weight is 304 g/mol. The Labute approximate surface area is 132 Å². The minimum atomic E-state index is 0.285. The van der Waals surface area contributed by atoms with Crippen LogP contribution in [-0.2, 0) is 6.54 Å². The van der Waals surface area contributed by atoms with Gasteiger partial charge in [-0.3, -0.25) is 4.90 Å². The van der Waals surface area contributed by atoms with Crippen molar-refractivity contribution in [2.45, 2.75) is 26.4 Å². The molecule has 0 fully saturated rings. The van der Waals surface area contributed by atoms with Gasteiger partial charge in [0, 0.05) is 24.2 Å². The van der Waals surface area contributed by atoms with E-state index in [-0.39, 0.29) is 6.04 Å². The molecule has 3 nitrogen and oxygen atoms in total. The number of hydrogen-bond donors (Lipinski definition) is 1. The van der Waals surface area contributed by atoms with Gasteiger partial charge in [-0.05, 0) is 50.7 Å². The molecule has 1 atom stereocenters. The molecule has 0 aliphatic heterocycles. The van der Waals surface area contributed by atoms with Gasteiger partial charge in [-0.15, -0.1) is 0 Å². The second kappa shape index (κ2) is 7.43. The molecule has 0 spiro atoms. The van der Waals surface area contributed by atoms with Crippen LogP contribution in [0.2, 0.25) is 5.02 Å². The van der Waals surface area contributed by atoms with Crippen LogP contribution in [0.5, 0.6) is 0 Å². The maximum Gasteiger partial charge on any atom is 0.126 e. The highest BCUT2D eigenvalue weighted by Crippen LogP contribution is 2.23. The molecule has 1 N–H and O–H groups in total. The van der Waals surface area contributed by atoms with Gasteiger partial charge in [0.05, 0.1) is 5.69 Å². The lowest BCUT2D eigenvalue weighted by Gasteiger charge is -2.25. The monoisotopic (exact) mass is 303 g/mol. The van der Waals surface area contributed by atoms with E-state index in [4.69, 9.17) is 11.6 Å². The molecular formula is C17H22ClN3. The van der Waals surface area contributed by atoms with E-state index in [2.05, 4.69) is 48.2 Å². The lowest BCUT2D eigenvalue weighted by atomic mass is 10.1. The van der Waals surface area contributed by atoms with Crippen LogP contribution in [0.15, 0.2) is 42.5 Å². The second-order valence-electron chi connectivity index (χ2n) is 5.19. The number of halogens is 1. The van der Waals surface area contributed by atoms with Crippen LogP contribution in [0.4, 0.5) is 5.82 Å². The molecule has 2 rings (SSSR count). The Kier molecular flexibility index (Phi) is 5.59. The third-order valence-electron chi connectivity index (χ3n) is 3.57. The molecule has 0 saturated carbocycles. The fourth-order valence-electron chi connectivity index (χ4n) is 2.26. The molecule has 4 heteroatoms. The Balaban J connectivity index is 2.06. The Morgan fingerprint density at radius 1 is 1.24 bits per heavy atom. The highest BCUT2D eigenvalue weighted by atomic mass is 35.5. The smallest absolute Gasteiger partial charge is 0.126 e. The minimum Gasteiger partial charge on any atom is -0.370 e. The first-order valence-electron chi connectivity index (χ1n) is 7.25. The molecule has 0 bridgehead atoms. The van der Waals surface area contributed by atoms with Crippen molar-refractivity contribution < 1.29 is 0 Å². The summed E-state index contributed by atoms with van der Waals surface area (Å²) in [5.74, 6) is 0.929. The summed E-state index contributed by atoms with van der Waals surface area (Å²) in [6.45, 7) is 5.93. The highest BCUT2D eigenvalue weighted by molar-refractivity contribution is 6.30. The predicted octanol–water partition coefficient (Wildman–Crippen LogP) is 4.36. The zero-order chi connectivity index (χ0) is 15.2.